The van der Waals surface area contributed by atoms with Crippen LogP contribution in [0.3, 0.4) is 0 Å². The number of carbonyl (C=O) groups is 2. The highest BCUT2D eigenvalue weighted by atomic mass is 79.9. The van der Waals surface area contributed by atoms with Crippen LogP contribution in [0.4, 0.5) is 0 Å². The lowest BCUT2D eigenvalue weighted by atomic mass is 10.2. The predicted octanol–water partition coefficient (Wildman–Crippen LogP) is 5.59. The van der Waals surface area contributed by atoms with Gasteiger partial charge in [0.1, 0.15) is 11.5 Å². The molecule has 158 valence electrons. The summed E-state index contributed by atoms with van der Waals surface area (Å²) in [6.45, 7) is 2.43. The molecule has 0 saturated carbocycles. The number of rotatable bonds is 7. The van der Waals surface area contributed by atoms with Gasteiger partial charge in [-0.2, -0.15) is 5.10 Å². The molecule has 3 aromatic rings. The van der Waals surface area contributed by atoms with Crippen LogP contribution in [0, 0.1) is 0 Å². The van der Waals surface area contributed by atoms with E-state index in [4.69, 9.17) is 9.47 Å². The van der Waals surface area contributed by atoms with Crippen molar-refractivity contribution >= 4 is 50.0 Å². The molecule has 3 aromatic carbocycles. The van der Waals surface area contributed by atoms with Crippen molar-refractivity contribution in [3.05, 3.63) is 92.4 Å². The molecule has 0 bridgehead atoms. The van der Waals surface area contributed by atoms with Gasteiger partial charge in [0.15, 0.2) is 0 Å². The SMILES string of the molecule is CCOc1ccc(C(=O)Oc2ccc(Br)cc2/C=N\NC(=O)c2cccc(Br)c2)cc1. The summed E-state index contributed by atoms with van der Waals surface area (Å²) in [6, 6.07) is 18.8. The molecule has 0 saturated heterocycles. The quantitative estimate of drug-likeness (QED) is 0.182. The monoisotopic (exact) mass is 544 g/mol. The van der Waals surface area contributed by atoms with Gasteiger partial charge in [0.25, 0.3) is 5.91 Å². The molecular weight excluding hydrogens is 528 g/mol. The third-order valence-corrected chi connectivity index (χ3v) is 5.02. The maximum Gasteiger partial charge on any atom is 0.343 e. The Morgan fingerprint density at radius 3 is 2.42 bits per heavy atom. The number of hydrazone groups is 1. The fraction of sp³-hybridized carbons (Fsp3) is 0.0870. The molecule has 0 radical (unpaired) electrons. The molecule has 8 heteroatoms. The highest BCUT2D eigenvalue weighted by Gasteiger charge is 2.12. The predicted molar refractivity (Wildman–Crippen MR) is 126 cm³/mol. The van der Waals surface area contributed by atoms with E-state index in [-0.39, 0.29) is 5.91 Å². The molecule has 0 spiro atoms. The first-order chi connectivity index (χ1) is 15.0. The first kappa shape index (κ1) is 22.7. The fourth-order valence-corrected chi connectivity index (χ4v) is 3.36. The summed E-state index contributed by atoms with van der Waals surface area (Å²) in [5.74, 6) is 0.109. The average molecular weight is 546 g/mol. The standard InChI is InChI=1S/C23H18Br2N2O4/c1-2-30-20-9-6-15(7-10-20)23(29)31-21-11-8-19(25)13-17(21)14-26-27-22(28)16-4-3-5-18(24)12-16/h3-14H,2H2,1H3,(H,27,28)/b26-14-. The zero-order valence-corrected chi connectivity index (χ0v) is 19.6. The Balaban J connectivity index is 1.72. The Bertz CT molecular complexity index is 1110. The van der Waals surface area contributed by atoms with Crippen LogP contribution in [-0.2, 0) is 0 Å². The van der Waals surface area contributed by atoms with Gasteiger partial charge in [-0.25, -0.2) is 10.2 Å². The van der Waals surface area contributed by atoms with Crippen LogP contribution in [0.25, 0.3) is 0 Å². The number of amides is 1. The van der Waals surface area contributed by atoms with E-state index in [1.54, 1.807) is 60.7 Å². The molecule has 6 nitrogen and oxygen atoms in total. The van der Waals surface area contributed by atoms with Gasteiger partial charge in [0, 0.05) is 20.1 Å². The largest absolute Gasteiger partial charge is 0.494 e. The summed E-state index contributed by atoms with van der Waals surface area (Å²) >= 11 is 6.71. The van der Waals surface area contributed by atoms with Crippen molar-refractivity contribution in [2.45, 2.75) is 6.92 Å². The molecule has 0 aliphatic carbocycles. The summed E-state index contributed by atoms with van der Waals surface area (Å²) in [5.41, 5.74) is 3.83. The minimum absolute atomic E-state index is 0.308. The number of hydrogen-bond acceptors (Lipinski definition) is 5. The van der Waals surface area contributed by atoms with Crippen molar-refractivity contribution in [2.24, 2.45) is 5.10 Å². The van der Waals surface area contributed by atoms with Crippen molar-refractivity contribution in [3.8, 4) is 11.5 Å². The Morgan fingerprint density at radius 1 is 0.968 bits per heavy atom. The molecule has 3 rings (SSSR count). The lowest BCUT2D eigenvalue weighted by Crippen LogP contribution is -2.17. The van der Waals surface area contributed by atoms with Gasteiger partial charge in [-0.1, -0.05) is 37.9 Å². The molecule has 0 atom stereocenters. The maximum absolute atomic E-state index is 12.5. The average Bonchev–Trinajstić information content (AvgIpc) is 2.76. The van der Waals surface area contributed by atoms with Crippen molar-refractivity contribution in [1.29, 1.82) is 0 Å². The molecule has 0 aliphatic rings. The zero-order chi connectivity index (χ0) is 22.2. The third-order valence-electron chi connectivity index (χ3n) is 4.03. The van der Waals surface area contributed by atoms with Crippen LogP contribution in [-0.4, -0.2) is 24.7 Å². The second-order valence-corrected chi connectivity index (χ2v) is 8.07. The molecule has 0 heterocycles. The van der Waals surface area contributed by atoms with Crippen LogP contribution in [0.1, 0.15) is 33.2 Å². The number of esters is 1. The van der Waals surface area contributed by atoms with E-state index in [9.17, 15) is 9.59 Å². The van der Waals surface area contributed by atoms with Gasteiger partial charge < -0.3 is 9.47 Å². The van der Waals surface area contributed by atoms with Crippen LogP contribution >= 0.6 is 31.9 Å². The number of benzene rings is 3. The highest BCUT2D eigenvalue weighted by Crippen LogP contribution is 2.23. The minimum atomic E-state index is -0.516. The van der Waals surface area contributed by atoms with E-state index < -0.39 is 5.97 Å². The number of nitrogens with zero attached hydrogens (tertiary/aromatic N) is 1. The van der Waals surface area contributed by atoms with E-state index in [1.165, 1.54) is 6.21 Å². The molecule has 0 fully saturated rings. The normalized spacial score (nSPS) is 10.7. The fourth-order valence-electron chi connectivity index (χ4n) is 2.58. The van der Waals surface area contributed by atoms with Crippen molar-refractivity contribution in [1.82, 2.24) is 5.43 Å². The minimum Gasteiger partial charge on any atom is -0.494 e. The number of ether oxygens (including phenoxy) is 2. The zero-order valence-electron chi connectivity index (χ0n) is 16.5. The number of carbonyl (C=O) groups excluding carboxylic acids is 2. The van der Waals surface area contributed by atoms with E-state index >= 15 is 0 Å². The van der Waals surface area contributed by atoms with E-state index in [0.29, 0.717) is 34.8 Å². The first-order valence-corrected chi connectivity index (χ1v) is 10.9. The second kappa shape index (κ2) is 10.9. The number of hydrogen-bond donors (Lipinski definition) is 1. The van der Waals surface area contributed by atoms with Crippen LogP contribution in [0.5, 0.6) is 11.5 Å². The van der Waals surface area contributed by atoms with Crippen LogP contribution < -0.4 is 14.9 Å². The van der Waals surface area contributed by atoms with E-state index in [1.807, 2.05) is 13.0 Å². The lowest BCUT2D eigenvalue weighted by Gasteiger charge is -2.09. The molecule has 0 aliphatic heterocycles. The van der Waals surface area contributed by atoms with E-state index in [2.05, 4.69) is 42.4 Å². The first-order valence-electron chi connectivity index (χ1n) is 9.30. The molecule has 1 amide bonds. The van der Waals surface area contributed by atoms with Crippen LogP contribution in [0.15, 0.2) is 80.8 Å². The van der Waals surface area contributed by atoms with Gasteiger partial charge in [0.2, 0.25) is 0 Å². The molecule has 1 N–H and O–H groups in total. The summed E-state index contributed by atoms with van der Waals surface area (Å²) < 4.78 is 12.5. The Morgan fingerprint density at radius 2 is 1.71 bits per heavy atom. The van der Waals surface area contributed by atoms with Crippen molar-refractivity contribution < 1.29 is 19.1 Å². The summed E-state index contributed by atoms with van der Waals surface area (Å²) in [7, 11) is 0. The summed E-state index contributed by atoms with van der Waals surface area (Å²) in [4.78, 5) is 24.8. The van der Waals surface area contributed by atoms with Gasteiger partial charge in [0.05, 0.1) is 18.4 Å². The Labute approximate surface area is 196 Å². The molecule has 31 heavy (non-hydrogen) atoms. The smallest absolute Gasteiger partial charge is 0.343 e. The van der Waals surface area contributed by atoms with Gasteiger partial charge in [-0.05, 0) is 67.6 Å². The van der Waals surface area contributed by atoms with Crippen molar-refractivity contribution in [3.63, 3.8) is 0 Å². The van der Waals surface area contributed by atoms with Gasteiger partial charge in [-0.3, -0.25) is 4.79 Å². The third kappa shape index (κ3) is 6.50. The highest BCUT2D eigenvalue weighted by molar-refractivity contribution is 9.10. The summed E-state index contributed by atoms with van der Waals surface area (Å²) in [5, 5.41) is 3.99. The summed E-state index contributed by atoms with van der Waals surface area (Å²) in [6.07, 6.45) is 1.42. The Hall–Kier alpha value is -2.97. The van der Waals surface area contributed by atoms with Crippen molar-refractivity contribution in [2.75, 3.05) is 6.61 Å². The van der Waals surface area contributed by atoms with Crippen LogP contribution in [0.2, 0.25) is 0 Å². The lowest BCUT2D eigenvalue weighted by molar-refractivity contribution is 0.0734. The molecule has 0 unspecified atom stereocenters. The second-order valence-electron chi connectivity index (χ2n) is 6.24. The van der Waals surface area contributed by atoms with Gasteiger partial charge in [-0.15, -0.1) is 0 Å². The number of nitrogens with one attached hydrogen (secondary N) is 1. The number of halogens is 2. The van der Waals surface area contributed by atoms with E-state index in [0.717, 1.165) is 8.95 Å². The Kier molecular flexibility index (Phi) is 7.97. The molecule has 0 aromatic heterocycles. The maximum atomic E-state index is 12.5. The molecular formula is C23H18Br2N2O4. The van der Waals surface area contributed by atoms with Gasteiger partial charge >= 0.3 is 5.97 Å². The topological polar surface area (TPSA) is 77.0 Å².